The smallest absolute Gasteiger partial charge is 0.255 e. The third-order valence-corrected chi connectivity index (χ3v) is 5.30. The van der Waals surface area contributed by atoms with Crippen LogP contribution in [-0.2, 0) is 12.8 Å². The van der Waals surface area contributed by atoms with Crippen LogP contribution >= 0.6 is 0 Å². The number of anilines is 1. The molecule has 1 heterocycles. The van der Waals surface area contributed by atoms with E-state index in [1.165, 1.54) is 23.1 Å². The third kappa shape index (κ3) is 2.96. The molecule has 1 atom stereocenters. The quantitative estimate of drug-likeness (QED) is 0.710. The zero-order chi connectivity index (χ0) is 18.3. The van der Waals surface area contributed by atoms with Crippen molar-refractivity contribution in [3.05, 3.63) is 58.8 Å². The van der Waals surface area contributed by atoms with Gasteiger partial charge in [0.25, 0.3) is 5.91 Å². The topological polar surface area (TPSA) is 54.1 Å². The molecule has 0 spiro atoms. The van der Waals surface area contributed by atoms with Gasteiger partial charge in [-0.15, -0.1) is 0 Å². The summed E-state index contributed by atoms with van der Waals surface area (Å²) in [5, 5.41) is 4.17. The van der Waals surface area contributed by atoms with Gasteiger partial charge in [-0.3, -0.25) is 4.79 Å². The maximum Gasteiger partial charge on any atom is 0.255 e. The van der Waals surface area contributed by atoms with Gasteiger partial charge in [-0.05, 0) is 73.6 Å². The van der Waals surface area contributed by atoms with Crippen molar-refractivity contribution in [2.45, 2.75) is 33.1 Å². The summed E-state index contributed by atoms with van der Waals surface area (Å²) in [7, 11) is 1.61. The lowest BCUT2D eigenvalue weighted by molar-refractivity contribution is 0.102. The molecule has 1 aliphatic carbocycles. The van der Waals surface area contributed by atoms with Crippen LogP contribution in [0.15, 0.2) is 36.4 Å². The standard InChI is InChI=1S/C22H24N2O2/c1-13-4-7-18-16(10-13)17-12-15(6-8-19(17)23-18)22(25)24-20-11-14(2)5-9-21(20)26-3/h5-6,8-9,11-13,23H,4,7,10H2,1-3H3,(H,24,25). The Bertz CT molecular complexity index is 987. The molecule has 4 heteroatoms. The zero-order valence-electron chi connectivity index (χ0n) is 15.5. The Balaban J connectivity index is 1.67. The molecule has 1 unspecified atom stereocenters. The predicted octanol–water partition coefficient (Wildman–Crippen LogP) is 4.86. The number of carbonyl (C=O) groups excluding carboxylic acids is 1. The summed E-state index contributed by atoms with van der Waals surface area (Å²) in [6.07, 6.45) is 3.39. The number of benzene rings is 2. The summed E-state index contributed by atoms with van der Waals surface area (Å²) >= 11 is 0. The first-order valence-corrected chi connectivity index (χ1v) is 9.14. The van der Waals surface area contributed by atoms with Gasteiger partial charge in [-0.2, -0.15) is 0 Å². The summed E-state index contributed by atoms with van der Waals surface area (Å²) in [6.45, 7) is 4.29. The normalized spacial score (nSPS) is 16.3. The highest BCUT2D eigenvalue weighted by Gasteiger charge is 2.20. The fourth-order valence-electron chi connectivity index (χ4n) is 3.85. The number of carbonyl (C=O) groups is 1. The molecule has 3 aromatic rings. The van der Waals surface area contributed by atoms with Crippen LogP contribution in [0.4, 0.5) is 5.69 Å². The van der Waals surface area contributed by atoms with E-state index in [0.717, 1.165) is 23.9 Å². The number of amides is 1. The lowest BCUT2D eigenvalue weighted by Crippen LogP contribution is -2.13. The van der Waals surface area contributed by atoms with Gasteiger partial charge in [-0.25, -0.2) is 0 Å². The van der Waals surface area contributed by atoms with E-state index in [-0.39, 0.29) is 5.91 Å². The van der Waals surface area contributed by atoms with E-state index in [2.05, 4.69) is 17.2 Å². The minimum absolute atomic E-state index is 0.116. The van der Waals surface area contributed by atoms with Gasteiger partial charge in [0, 0.05) is 22.2 Å². The fourth-order valence-corrected chi connectivity index (χ4v) is 3.85. The molecule has 0 aliphatic heterocycles. The molecule has 26 heavy (non-hydrogen) atoms. The molecule has 1 amide bonds. The van der Waals surface area contributed by atoms with Crippen LogP contribution in [-0.4, -0.2) is 18.0 Å². The van der Waals surface area contributed by atoms with Gasteiger partial charge < -0.3 is 15.0 Å². The number of fused-ring (bicyclic) bond motifs is 3. The Morgan fingerprint density at radius 2 is 2.08 bits per heavy atom. The van der Waals surface area contributed by atoms with Crippen LogP contribution in [0, 0.1) is 12.8 Å². The second-order valence-corrected chi connectivity index (χ2v) is 7.35. The van der Waals surface area contributed by atoms with Crippen LogP contribution in [0.5, 0.6) is 5.75 Å². The molecule has 1 aromatic heterocycles. The van der Waals surface area contributed by atoms with E-state index in [0.29, 0.717) is 22.9 Å². The molecule has 2 aromatic carbocycles. The molecule has 0 saturated heterocycles. The maximum absolute atomic E-state index is 12.8. The average molecular weight is 348 g/mol. The summed E-state index contributed by atoms with van der Waals surface area (Å²) in [5.74, 6) is 1.24. The first-order valence-electron chi connectivity index (χ1n) is 9.14. The van der Waals surface area contributed by atoms with Crippen molar-refractivity contribution in [3.8, 4) is 5.75 Å². The van der Waals surface area contributed by atoms with Crippen LogP contribution in [0.1, 0.15) is 40.5 Å². The lowest BCUT2D eigenvalue weighted by Gasteiger charge is -2.18. The summed E-state index contributed by atoms with van der Waals surface area (Å²) in [4.78, 5) is 16.3. The molecule has 0 fully saturated rings. The number of ether oxygens (including phenoxy) is 1. The van der Waals surface area contributed by atoms with Gasteiger partial charge in [0.15, 0.2) is 0 Å². The second kappa shape index (κ2) is 6.52. The molecule has 2 N–H and O–H groups in total. The van der Waals surface area contributed by atoms with Crippen molar-refractivity contribution in [2.75, 3.05) is 12.4 Å². The number of hydrogen-bond acceptors (Lipinski definition) is 2. The summed E-state index contributed by atoms with van der Waals surface area (Å²) in [5.41, 5.74) is 6.26. The molecular formula is C22H24N2O2. The zero-order valence-corrected chi connectivity index (χ0v) is 15.5. The van der Waals surface area contributed by atoms with Gasteiger partial charge in [-0.1, -0.05) is 13.0 Å². The van der Waals surface area contributed by atoms with Gasteiger partial charge in [0.05, 0.1) is 12.8 Å². The third-order valence-electron chi connectivity index (χ3n) is 5.30. The highest BCUT2D eigenvalue weighted by Crippen LogP contribution is 2.32. The second-order valence-electron chi connectivity index (χ2n) is 7.35. The number of aryl methyl sites for hydroxylation is 2. The van der Waals surface area contributed by atoms with Crippen LogP contribution in [0.3, 0.4) is 0 Å². The molecule has 0 bridgehead atoms. The minimum atomic E-state index is -0.116. The summed E-state index contributed by atoms with van der Waals surface area (Å²) in [6, 6.07) is 11.7. The van der Waals surface area contributed by atoms with Crippen molar-refractivity contribution < 1.29 is 9.53 Å². The number of aromatic nitrogens is 1. The van der Waals surface area contributed by atoms with Crippen molar-refractivity contribution in [1.29, 1.82) is 0 Å². The predicted molar refractivity (Wildman–Crippen MR) is 105 cm³/mol. The minimum Gasteiger partial charge on any atom is -0.495 e. The number of methoxy groups -OCH3 is 1. The fraction of sp³-hybridized carbons (Fsp3) is 0.318. The molecule has 4 nitrogen and oxygen atoms in total. The maximum atomic E-state index is 12.8. The number of H-pyrrole nitrogens is 1. The number of nitrogens with one attached hydrogen (secondary N) is 2. The highest BCUT2D eigenvalue weighted by atomic mass is 16.5. The molecule has 0 saturated carbocycles. The average Bonchev–Trinajstić information content (AvgIpc) is 2.99. The Hall–Kier alpha value is -2.75. The van der Waals surface area contributed by atoms with Gasteiger partial charge >= 0.3 is 0 Å². The van der Waals surface area contributed by atoms with Crippen LogP contribution < -0.4 is 10.1 Å². The molecule has 0 radical (unpaired) electrons. The Morgan fingerprint density at radius 1 is 1.23 bits per heavy atom. The molecule has 4 rings (SSSR count). The van der Waals surface area contributed by atoms with Crippen molar-refractivity contribution >= 4 is 22.5 Å². The molecule has 134 valence electrons. The lowest BCUT2D eigenvalue weighted by atomic mass is 9.87. The largest absolute Gasteiger partial charge is 0.495 e. The van der Waals surface area contributed by atoms with E-state index >= 15 is 0 Å². The van der Waals surface area contributed by atoms with E-state index < -0.39 is 0 Å². The van der Waals surface area contributed by atoms with Crippen molar-refractivity contribution in [1.82, 2.24) is 4.98 Å². The Morgan fingerprint density at radius 3 is 2.88 bits per heavy atom. The van der Waals surface area contributed by atoms with Crippen molar-refractivity contribution in [3.63, 3.8) is 0 Å². The highest BCUT2D eigenvalue weighted by molar-refractivity contribution is 6.07. The Kier molecular flexibility index (Phi) is 4.19. The number of aromatic amines is 1. The SMILES string of the molecule is COc1ccc(C)cc1NC(=O)c1ccc2[nH]c3c(c2c1)CC(C)CC3. The van der Waals surface area contributed by atoms with E-state index in [1.54, 1.807) is 7.11 Å². The van der Waals surface area contributed by atoms with Gasteiger partial charge in [0.1, 0.15) is 5.75 Å². The van der Waals surface area contributed by atoms with Gasteiger partial charge in [0.2, 0.25) is 0 Å². The Labute approximate surface area is 153 Å². The number of rotatable bonds is 3. The van der Waals surface area contributed by atoms with Crippen LogP contribution in [0.2, 0.25) is 0 Å². The first-order chi connectivity index (χ1) is 12.5. The van der Waals surface area contributed by atoms with E-state index in [1.807, 2.05) is 43.3 Å². The molecular weight excluding hydrogens is 324 g/mol. The number of hydrogen-bond donors (Lipinski definition) is 2. The van der Waals surface area contributed by atoms with Crippen molar-refractivity contribution in [2.24, 2.45) is 5.92 Å². The summed E-state index contributed by atoms with van der Waals surface area (Å²) < 4.78 is 5.36. The van der Waals surface area contributed by atoms with E-state index in [4.69, 9.17) is 4.74 Å². The monoisotopic (exact) mass is 348 g/mol. The van der Waals surface area contributed by atoms with Crippen LogP contribution in [0.25, 0.3) is 10.9 Å². The first kappa shape index (κ1) is 16.7. The molecule has 1 aliphatic rings. The van der Waals surface area contributed by atoms with E-state index in [9.17, 15) is 4.79 Å².